The van der Waals surface area contributed by atoms with Crippen molar-refractivity contribution in [2.45, 2.75) is 52.2 Å². The van der Waals surface area contributed by atoms with E-state index in [1.165, 1.54) is 6.42 Å². The van der Waals surface area contributed by atoms with Crippen LogP contribution < -0.4 is 0 Å². The summed E-state index contributed by atoms with van der Waals surface area (Å²) < 4.78 is 22.6. The number of unbranched alkanes of at least 4 members (excludes halogenated alkanes) is 1. The van der Waals surface area contributed by atoms with Crippen LogP contribution in [0, 0.1) is 0 Å². The van der Waals surface area contributed by atoms with E-state index in [4.69, 9.17) is 18.0 Å². The molecule has 4 nitrogen and oxygen atoms in total. The zero-order chi connectivity index (χ0) is 12.6. The second kappa shape index (κ2) is 8.21. The van der Waals surface area contributed by atoms with E-state index in [0.717, 1.165) is 25.5 Å². The van der Waals surface area contributed by atoms with E-state index in [0.29, 0.717) is 25.9 Å². The first-order valence-corrected chi connectivity index (χ1v) is 8.73. The standard InChI is InChI=1S/C12H26O4Si/c1-4-14-17(15-5-2,16-6-3)10-8-7-9-12-11-13-12/h12H,4-11H2,1-3H3. The van der Waals surface area contributed by atoms with Crippen LogP contribution in [0.15, 0.2) is 0 Å². The lowest BCUT2D eigenvalue weighted by Gasteiger charge is -2.28. The molecular weight excluding hydrogens is 236 g/mol. The van der Waals surface area contributed by atoms with Gasteiger partial charge in [-0.3, -0.25) is 0 Å². The highest BCUT2D eigenvalue weighted by atomic mass is 28.4. The smallest absolute Gasteiger partial charge is 0.374 e. The molecule has 1 saturated heterocycles. The molecule has 0 bridgehead atoms. The third kappa shape index (κ3) is 5.97. The summed E-state index contributed by atoms with van der Waals surface area (Å²) in [5.74, 6) is 0. The molecule has 0 radical (unpaired) electrons. The monoisotopic (exact) mass is 262 g/mol. The highest BCUT2D eigenvalue weighted by Gasteiger charge is 2.39. The lowest BCUT2D eigenvalue weighted by Crippen LogP contribution is -2.45. The van der Waals surface area contributed by atoms with E-state index < -0.39 is 8.80 Å². The molecule has 5 heteroatoms. The molecule has 0 aliphatic carbocycles. The molecule has 0 saturated carbocycles. The van der Waals surface area contributed by atoms with Crippen LogP contribution >= 0.6 is 0 Å². The highest BCUT2D eigenvalue weighted by molar-refractivity contribution is 6.60. The van der Waals surface area contributed by atoms with Crippen molar-refractivity contribution in [3.05, 3.63) is 0 Å². The van der Waals surface area contributed by atoms with E-state index in [9.17, 15) is 0 Å². The zero-order valence-electron chi connectivity index (χ0n) is 11.4. The summed E-state index contributed by atoms with van der Waals surface area (Å²) in [7, 11) is -2.39. The maximum atomic E-state index is 5.80. The Bertz CT molecular complexity index is 180. The molecule has 1 aliphatic rings. The van der Waals surface area contributed by atoms with Crippen molar-refractivity contribution in [2.24, 2.45) is 0 Å². The van der Waals surface area contributed by atoms with E-state index in [1.807, 2.05) is 20.8 Å². The van der Waals surface area contributed by atoms with Crippen LogP contribution in [0.2, 0.25) is 6.04 Å². The molecule has 1 rings (SSSR count). The molecule has 0 aromatic heterocycles. The topological polar surface area (TPSA) is 40.2 Å². The predicted octanol–water partition coefficient (Wildman–Crippen LogP) is 2.60. The molecule has 1 aliphatic heterocycles. The summed E-state index contributed by atoms with van der Waals surface area (Å²) in [5, 5.41) is 0. The lowest BCUT2D eigenvalue weighted by molar-refractivity contribution is 0.0706. The number of hydrogen-bond donors (Lipinski definition) is 0. The molecule has 1 unspecified atom stereocenters. The van der Waals surface area contributed by atoms with Crippen molar-refractivity contribution < 1.29 is 18.0 Å². The summed E-state index contributed by atoms with van der Waals surface area (Å²) in [6, 6.07) is 0.926. The minimum absolute atomic E-state index is 0.525. The number of epoxide rings is 1. The normalized spacial score (nSPS) is 19.6. The van der Waals surface area contributed by atoms with Crippen molar-refractivity contribution in [1.82, 2.24) is 0 Å². The summed E-state index contributed by atoms with van der Waals surface area (Å²) in [6.45, 7) is 8.94. The number of rotatable bonds is 11. The van der Waals surface area contributed by atoms with Crippen LogP contribution in [0.4, 0.5) is 0 Å². The Morgan fingerprint density at radius 3 is 1.94 bits per heavy atom. The highest BCUT2D eigenvalue weighted by Crippen LogP contribution is 2.22. The minimum Gasteiger partial charge on any atom is -0.374 e. The zero-order valence-corrected chi connectivity index (χ0v) is 12.4. The minimum atomic E-state index is -2.39. The average molecular weight is 262 g/mol. The molecule has 17 heavy (non-hydrogen) atoms. The Morgan fingerprint density at radius 2 is 1.53 bits per heavy atom. The molecule has 102 valence electrons. The van der Waals surface area contributed by atoms with Gasteiger partial charge in [0.1, 0.15) is 0 Å². The molecule has 0 N–H and O–H groups in total. The van der Waals surface area contributed by atoms with Crippen LogP contribution in [-0.4, -0.2) is 41.3 Å². The van der Waals surface area contributed by atoms with Gasteiger partial charge in [0.2, 0.25) is 0 Å². The quantitative estimate of drug-likeness (QED) is 0.326. The van der Waals surface area contributed by atoms with Gasteiger partial charge in [-0.2, -0.15) is 0 Å². The Morgan fingerprint density at radius 1 is 1.00 bits per heavy atom. The van der Waals surface area contributed by atoms with Crippen LogP contribution in [0.25, 0.3) is 0 Å². The van der Waals surface area contributed by atoms with Crippen LogP contribution in [0.1, 0.15) is 40.0 Å². The van der Waals surface area contributed by atoms with Gasteiger partial charge in [-0.25, -0.2) is 0 Å². The Labute approximate surface area is 106 Å². The van der Waals surface area contributed by atoms with Gasteiger partial charge in [0.25, 0.3) is 0 Å². The Balaban J connectivity index is 2.29. The maximum Gasteiger partial charge on any atom is 0.500 e. The largest absolute Gasteiger partial charge is 0.500 e. The number of hydrogen-bond acceptors (Lipinski definition) is 4. The van der Waals surface area contributed by atoms with Gasteiger partial charge in [0.15, 0.2) is 0 Å². The lowest BCUT2D eigenvalue weighted by atomic mass is 10.2. The van der Waals surface area contributed by atoms with Gasteiger partial charge < -0.3 is 18.0 Å². The summed E-state index contributed by atoms with van der Waals surface area (Å²) in [4.78, 5) is 0. The number of ether oxygens (including phenoxy) is 1. The summed E-state index contributed by atoms with van der Waals surface area (Å²) in [6.07, 6.45) is 3.96. The second-order valence-electron chi connectivity index (χ2n) is 4.18. The van der Waals surface area contributed by atoms with Gasteiger partial charge in [0.05, 0.1) is 12.7 Å². The van der Waals surface area contributed by atoms with Crippen molar-refractivity contribution in [3.63, 3.8) is 0 Å². The first kappa shape index (κ1) is 15.1. The molecule has 1 fully saturated rings. The third-order valence-electron chi connectivity index (χ3n) is 2.75. The Hall–Kier alpha value is 0.0569. The molecule has 0 aromatic rings. The van der Waals surface area contributed by atoms with E-state index >= 15 is 0 Å². The van der Waals surface area contributed by atoms with Gasteiger partial charge in [-0.15, -0.1) is 0 Å². The molecule has 0 spiro atoms. The van der Waals surface area contributed by atoms with Crippen molar-refractivity contribution in [3.8, 4) is 0 Å². The molecule has 0 aromatic carbocycles. The van der Waals surface area contributed by atoms with Crippen LogP contribution in [0.3, 0.4) is 0 Å². The predicted molar refractivity (Wildman–Crippen MR) is 69.0 cm³/mol. The van der Waals surface area contributed by atoms with Gasteiger partial charge in [0, 0.05) is 25.9 Å². The fourth-order valence-electron chi connectivity index (χ4n) is 1.95. The van der Waals surface area contributed by atoms with E-state index in [1.54, 1.807) is 0 Å². The molecule has 0 amide bonds. The second-order valence-corrected chi connectivity index (χ2v) is 6.92. The molecule has 1 atom stereocenters. The fraction of sp³-hybridized carbons (Fsp3) is 1.00. The fourth-order valence-corrected chi connectivity index (χ4v) is 4.63. The summed E-state index contributed by atoms with van der Waals surface area (Å²) in [5.41, 5.74) is 0. The van der Waals surface area contributed by atoms with Crippen LogP contribution in [-0.2, 0) is 18.0 Å². The van der Waals surface area contributed by atoms with Crippen LogP contribution in [0.5, 0.6) is 0 Å². The Kier molecular flexibility index (Phi) is 7.30. The third-order valence-corrected chi connectivity index (χ3v) is 5.91. The van der Waals surface area contributed by atoms with Gasteiger partial charge in [-0.1, -0.05) is 6.42 Å². The van der Waals surface area contributed by atoms with Crippen molar-refractivity contribution in [2.75, 3.05) is 26.4 Å². The van der Waals surface area contributed by atoms with E-state index in [2.05, 4.69) is 0 Å². The van der Waals surface area contributed by atoms with Crippen molar-refractivity contribution in [1.29, 1.82) is 0 Å². The summed E-state index contributed by atoms with van der Waals surface area (Å²) >= 11 is 0. The first-order chi connectivity index (χ1) is 8.26. The maximum absolute atomic E-state index is 5.80. The van der Waals surface area contributed by atoms with Gasteiger partial charge in [-0.05, 0) is 33.6 Å². The first-order valence-electron chi connectivity index (χ1n) is 6.79. The average Bonchev–Trinajstić information content (AvgIpc) is 3.09. The molecule has 1 heterocycles. The SMILES string of the molecule is CCO[Si](CCCCC1CO1)(OCC)OCC. The van der Waals surface area contributed by atoms with Crippen molar-refractivity contribution >= 4 is 8.80 Å². The van der Waals surface area contributed by atoms with Gasteiger partial charge >= 0.3 is 8.80 Å². The molecular formula is C12H26O4Si. The van der Waals surface area contributed by atoms with E-state index in [-0.39, 0.29) is 0 Å².